The summed E-state index contributed by atoms with van der Waals surface area (Å²) in [6, 6.07) is 9.48. The molecule has 1 aromatic carbocycles. The summed E-state index contributed by atoms with van der Waals surface area (Å²) in [6.07, 6.45) is 3.64. The summed E-state index contributed by atoms with van der Waals surface area (Å²) in [5.41, 5.74) is 1.59. The van der Waals surface area contributed by atoms with E-state index in [4.69, 9.17) is 0 Å². The van der Waals surface area contributed by atoms with Gasteiger partial charge in [-0.2, -0.15) is 0 Å². The minimum absolute atomic E-state index is 0.449. The lowest BCUT2D eigenvalue weighted by Crippen LogP contribution is -2.00. The summed E-state index contributed by atoms with van der Waals surface area (Å²) < 4.78 is 0.968. The highest BCUT2D eigenvalue weighted by Crippen LogP contribution is 2.25. The van der Waals surface area contributed by atoms with Gasteiger partial charge in [-0.1, -0.05) is 22.0 Å². The van der Waals surface area contributed by atoms with Gasteiger partial charge in [0, 0.05) is 15.5 Å². The molecule has 3 rings (SSSR count). The van der Waals surface area contributed by atoms with Crippen LogP contribution in [0.3, 0.4) is 0 Å². The molecule has 0 fully saturated rings. The first kappa shape index (κ1) is 13.4. The third-order valence-corrected chi connectivity index (χ3v) is 3.31. The smallest absolute Gasteiger partial charge is 0.212 e. The van der Waals surface area contributed by atoms with E-state index in [9.17, 15) is 4.79 Å². The Balaban J connectivity index is 2.04. The Morgan fingerprint density at radius 2 is 2.05 bits per heavy atom. The second kappa shape index (κ2) is 5.84. The summed E-state index contributed by atoms with van der Waals surface area (Å²) in [5, 5.41) is 6.52. The van der Waals surface area contributed by atoms with Crippen LogP contribution >= 0.6 is 15.9 Å². The zero-order valence-electron chi connectivity index (χ0n) is 10.7. The maximum atomic E-state index is 10.5. The summed E-state index contributed by atoms with van der Waals surface area (Å²) in [5.74, 6) is 1.10. The van der Waals surface area contributed by atoms with Crippen LogP contribution in [-0.2, 0) is 4.79 Å². The number of anilines is 3. The van der Waals surface area contributed by atoms with Crippen molar-refractivity contribution in [1.82, 2.24) is 15.0 Å². The number of aromatic nitrogens is 3. The van der Waals surface area contributed by atoms with Gasteiger partial charge < -0.3 is 10.6 Å². The number of pyridine rings is 1. The Morgan fingerprint density at radius 1 is 1.14 bits per heavy atom. The van der Waals surface area contributed by atoms with Crippen molar-refractivity contribution in [1.29, 1.82) is 0 Å². The third-order valence-electron chi connectivity index (χ3n) is 2.82. The van der Waals surface area contributed by atoms with Gasteiger partial charge in [0.2, 0.25) is 6.41 Å². The molecule has 0 bridgehead atoms. The van der Waals surface area contributed by atoms with E-state index in [1.807, 2.05) is 24.3 Å². The van der Waals surface area contributed by atoms with Crippen molar-refractivity contribution >= 4 is 50.6 Å². The number of fused-ring (bicyclic) bond motifs is 1. The average Bonchev–Trinajstić information content (AvgIpc) is 2.48. The van der Waals surface area contributed by atoms with E-state index in [1.165, 1.54) is 6.33 Å². The SMILES string of the molecule is O=CNc1cc2c(Nc3cccc(Br)c3)ncnc2cn1. The lowest BCUT2D eigenvalue weighted by molar-refractivity contribution is -0.105. The number of hydrogen-bond donors (Lipinski definition) is 2. The summed E-state index contributed by atoms with van der Waals surface area (Å²) in [4.78, 5) is 23.0. The molecule has 0 aliphatic heterocycles. The normalized spacial score (nSPS) is 10.3. The van der Waals surface area contributed by atoms with Crippen LogP contribution in [0, 0.1) is 0 Å². The van der Waals surface area contributed by atoms with Crippen LogP contribution in [0.5, 0.6) is 0 Å². The number of carbonyl (C=O) groups is 1. The van der Waals surface area contributed by atoms with Crippen molar-refractivity contribution in [3.8, 4) is 0 Å². The fraction of sp³-hybridized carbons (Fsp3) is 0. The molecule has 3 aromatic rings. The highest BCUT2D eigenvalue weighted by Gasteiger charge is 2.06. The van der Waals surface area contributed by atoms with Crippen molar-refractivity contribution in [3.63, 3.8) is 0 Å². The van der Waals surface area contributed by atoms with Crippen molar-refractivity contribution in [2.75, 3.05) is 10.6 Å². The Hall–Kier alpha value is -2.54. The lowest BCUT2D eigenvalue weighted by atomic mass is 10.2. The van der Waals surface area contributed by atoms with E-state index in [1.54, 1.807) is 12.3 Å². The van der Waals surface area contributed by atoms with Gasteiger partial charge in [0.25, 0.3) is 0 Å². The predicted octanol–water partition coefficient (Wildman–Crippen LogP) is 3.10. The van der Waals surface area contributed by atoms with Crippen LogP contribution in [0.2, 0.25) is 0 Å². The lowest BCUT2D eigenvalue weighted by Gasteiger charge is -2.09. The van der Waals surface area contributed by atoms with Crippen molar-refractivity contribution < 1.29 is 4.79 Å². The zero-order valence-corrected chi connectivity index (χ0v) is 12.3. The molecular weight excluding hydrogens is 334 g/mol. The maximum absolute atomic E-state index is 10.5. The van der Waals surface area contributed by atoms with Crippen molar-refractivity contribution in [2.45, 2.75) is 0 Å². The number of amides is 1. The van der Waals surface area contributed by atoms with E-state index in [0.29, 0.717) is 23.6 Å². The molecule has 0 spiro atoms. The summed E-state index contributed by atoms with van der Waals surface area (Å²) >= 11 is 3.43. The van der Waals surface area contributed by atoms with E-state index in [-0.39, 0.29) is 0 Å². The van der Waals surface area contributed by atoms with Crippen LogP contribution in [0.4, 0.5) is 17.3 Å². The molecule has 2 N–H and O–H groups in total. The fourth-order valence-corrected chi connectivity index (χ4v) is 2.30. The molecule has 21 heavy (non-hydrogen) atoms. The van der Waals surface area contributed by atoms with Crippen LogP contribution in [-0.4, -0.2) is 21.4 Å². The van der Waals surface area contributed by atoms with E-state index in [0.717, 1.165) is 15.5 Å². The Labute approximate surface area is 128 Å². The maximum Gasteiger partial charge on any atom is 0.212 e. The van der Waals surface area contributed by atoms with Gasteiger partial charge in [-0.25, -0.2) is 15.0 Å². The molecule has 6 nitrogen and oxygen atoms in total. The minimum Gasteiger partial charge on any atom is -0.340 e. The predicted molar refractivity (Wildman–Crippen MR) is 84.4 cm³/mol. The van der Waals surface area contributed by atoms with Gasteiger partial charge in [0.05, 0.1) is 11.7 Å². The zero-order chi connectivity index (χ0) is 14.7. The van der Waals surface area contributed by atoms with Gasteiger partial charge in [0.15, 0.2) is 0 Å². The van der Waals surface area contributed by atoms with Crippen molar-refractivity contribution in [2.24, 2.45) is 0 Å². The summed E-state index contributed by atoms with van der Waals surface area (Å²) in [6.45, 7) is 0. The number of rotatable bonds is 4. The largest absolute Gasteiger partial charge is 0.340 e. The van der Waals surface area contributed by atoms with Crippen LogP contribution in [0.1, 0.15) is 0 Å². The second-order valence-electron chi connectivity index (χ2n) is 4.21. The molecule has 0 saturated heterocycles. The first-order chi connectivity index (χ1) is 10.3. The van der Waals surface area contributed by atoms with Crippen LogP contribution in [0.15, 0.2) is 47.3 Å². The fourth-order valence-electron chi connectivity index (χ4n) is 1.90. The molecule has 0 atom stereocenters. The Bertz CT molecular complexity index is 808. The quantitative estimate of drug-likeness (QED) is 0.711. The molecular formula is C14H10BrN5O. The first-order valence-electron chi connectivity index (χ1n) is 6.10. The van der Waals surface area contributed by atoms with Gasteiger partial charge in [-0.3, -0.25) is 4.79 Å². The number of hydrogen-bond acceptors (Lipinski definition) is 5. The Morgan fingerprint density at radius 3 is 2.86 bits per heavy atom. The average molecular weight is 344 g/mol. The molecule has 0 radical (unpaired) electrons. The highest BCUT2D eigenvalue weighted by molar-refractivity contribution is 9.10. The van der Waals surface area contributed by atoms with E-state index < -0.39 is 0 Å². The number of halogens is 1. The number of benzene rings is 1. The molecule has 0 unspecified atom stereocenters. The molecule has 104 valence electrons. The van der Waals surface area contributed by atoms with Crippen LogP contribution in [0.25, 0.3) is 10.9 Å². The minimum atomic E-state index is 0.449. The second-order valence-corrected chi connectivity index (χ2v) is 5.12. The van der Waals surface area contributed by atoms with Gasteiger partial charge in [0.1, 0.15) is 18.0 Å². The summed E-state index contributed by atoms with van der Waals surface area (Å²) in [7, 11) is 0. The molecule has 2 heterocycles. The van der Waals surface area contributed by atoms with Crippen molar-refractivity contribution in [3.05, 3.63) is 47.3 Å². The molecule has 1 amide bonds. The van der Waals surface area contributed by atoms with Gasteiger partial charge >= 0.3 is 0 Å². The third kappa shape index (κ3) is 2.97. The van der Waals surface area contributed by atoms with Gasteiger partial charge in [-0.15, -0.1) is 0 Å². The van der Waals surface area contributed by atoms with Gasteiger partial charge in [-0.05, 0) is 24.3 Å². The monoisotopic (exact) mass is 343 g/mol. The highest BCUT2D eigenvalue weighted by atomic mass is 79.9. The molecule has 0 aliphatic carbocycles. The molecule has 7 heteroatoms. The Kier molecular flexibility index (Phi) is 3.74. The topological polar surface area (TPSA) is 79.8 Å². The van der Waals surface area contributed by atoms with E-state index >= 15 is 0 Å². The first-order valence-corrected chi connectivity index (χ1v) is 6.89. The van der Waals surface area contributed by atoms with E-state index in [2.05, 4.69) is 41.5 Å². The molecule has 2 aromatic heterocycles. The number of carbonyl (C=O) groups excluding carboxylic acids is 1. The number of nitrogens with zero attached hydrogens (tertiary/aromatic N) is 3. The molecule has 0 saturated carbocycles. The number of nitrogens with one attached hydrogen (secondary N) is 2. The molecule has 0 aliphatic rings. The standard InChI is InChI=1S/C14H10BrN5O/c15-9-2-1-3-10(4-9)20-14-11-5-13(19-8-21)16-6-12(11)17-7-18-14/h1-8H,(H,16,19,21)(H,17,18,20). The van der Waals surface area contributed by atoms with Crippen LogP contribution < -0.4 is 10.6 Å².